The van der Waals surface area contributed by atoms with E-state index in [2.05, 4.69) is 0 Å². The quantitative estimate of drug-likeness (QED) is 0.437. The highest BCUT2D eigenvalue weighted by Crippen LogP contribution is 2.40. The molecule has 29 heavy (non-hydrogen) atoms. The Hall–Kier alpha value is -3.28. The highest BCUT2D eigenvalue weighted by molar-refractivity contribution is 6.46. The number of Topliss-reactive ketones (excluding diaryl/α,β-unsaturated/α-hetero) is 1. The Morgan fingerprint density at radius 1 is 0.966 bits per heavy atom. The molecule has 0 radical (unpaired) electrons. The summed E-state index contributed by atoms with van der Waals surface area (Å²) in [5.74, 6) is -0.138. The van der Waals surface area contributed by atoms with Crippen molar-refractivity contribution in [3.63, 3.8) is 0 Å². The summed E-state index contributed by atoms with van der Waals surface area (Å²) in [6.45, 7) is 2.47. The van der Waals surface area contributed by atoms with E-state index in [0.29, 0.717) is 23.6 Å². The summed E-state index contributed by atoms with van der Waals surface area (Å²) in [7, 11) is 3.13. The van der Waals surface area contributed by atoms with Gasteiger partial charge in [0.1, 0.15) is 17.3 Å². The molecule has 1 unspecified atom stereocenters. The predicted octanol–water partition coefficient (Wildman–Crippen LogP) is 3.93. The molecule has 152 valence electrons. The van der Waals surface area contributed by atoms with Crippen molar-refractivity contribution in [2.24, 2.45) is 0 Å². The topological polar surface area (TPSA) is 76.1 Å². The van der Waals surface area contributed by atoms with E-state index in [1.807, 2.05) is 19.1 Å². The Bertz CT molecular complexity index is 915. The zero-order chi connectivity index (χ0) is 21.0. The average molecular weight is 395 g/mol. The number of carbonyl (C=O) groups is 2. The molecule has 0 bridgehead atoms. The van der Waals surface area contributed by atoms with Crippen LogP contribution in [0.1, 0.15) is 36.9 Å². The molecule has 0 aliphatic carbocycles. The summed E-state index contributed by atoms with van der Waals surface area (Å²) < 4.78 is 10.4. The molecule has 2 aromatic rings. The van der Waals surface area contributed by atoms with Gasteiger partial charge in [-0.15, -0.1) is 0 Å². The van der Waals surface area contributed by atoms with Crippen molar-refractivity contribution in [1.82, 2.24) is 4.90 Å². The SMILES string of the molecule is CCCCN1C(=O)C(=O)C(=C(O)c2ccc(OC)cc2)C1c1ccc(OC)cc1. The van der Waals surface area contributed by atoms with E-state index in [4.69, 9.17) is 9.47 Å². The number of rotatable bonds is 7. The van der Waals surface area contributed by atoms with Gasteiger partial charge in [-0.2, -0.15) is 0 Å². The van der Waals surface area contributed by atoms with Gasteiger partial charge in [0, 0.05) is 12.1 Å². The van der Waals surface area contributed by atoms with Gasteiger partial charge in [-0.3, -0.25) is 9.59 Å². The monoisotopic (exact) mass is 395 g/mol. The third kappa shape index (κ3) is 3.97. The van der Waals surface area contributed by atoms with Crippen LogP contribution < -0.4 is 9.47 Å². The summed E-state index contributed by atoms with van der Waals surface area (Å²) in [4.78, 5) is 27.2. The lowest BCUT2D eigenvalue weighted by Gasteiger charge is -2.25. The molecule has 0 saturated carbocycles. The summed E-state index contributed by atoms with van der Waals surface area (Å²) in [6, 6.07) is 13.3. The van der Waals surface area contributed by atoms with E-state index in [1.165, 1.54) is 0 Å². The number of ether oxygens (including phenoxy) is 2. The van der Waals surface area contributed by atoms with Gasteiger partial charge in [0.25, 0.3) is 11.7 Å². The first-order valence-electron chi connectivity index (χ1n) is 9.58. The van der Waals surface area contributed by atoms with E-state index in [9.17, 15) is 14.7 Å². The number of hydrogen-bond donors (Lipinski definition) is 1. The molecule has 2 aromatic carbocycles. The van der Waals surface area contributed by atoms with E-state index in [0.717, 1.165) is 18.4 Å². The number of carbonyl (C=O) groups excluding carboxylic acids is 2. The van der Waals surface area contributed by atoms with Crippen LogP contribution >= 0.6 is 0 Å². The van der Waals surface area contributed by atoms with Crippen LogP contribution in [-0.2, 0) is 9.59 Å². The van der Waals surface area contributed by atoms with Crippen molar-refractivity contribution in [1.29, 1.82) is 0 Å². The third-order valence-corrected chi connectivity index (χ3v) is 5.09. The van der Waals surface area contributed by atoms with Crippen LogP contribution in [0.15, 0.2) is 54.1 Å². The van der Waals surface area contributed by atoms with Crippen LogP contribution in [0.3, 0.4) is 0 Å². The summed E-state index contributed by atoms with van der Waals surface area (Å²) in [5, 5.41) is 11.0. The molecular weight excluding hydrogens is 370 g/mol. The van der Waals surface area contributed by atoms with Crippen molar-refractivity contribution < 1.29 is 24.2 Å². The number of nitrogens with zero attached hydrogens (tertiary/aromatic N) is 1. The van der Waals surface area contributed by atoms with Crippen molar-refractivity contribution in [2.75, 3.05) is 20.8 Å². The molecule has 6 nitrogen and oxygen atoms in total. The number of aliphatic hydroxyl groups is 1. The second-order valence-electron chi connectivity index (χ2n) is 6.85. The molecule has 1 amide bonds. The normalized spacial score (nSPS) is 18.2. The molecule has 0 spiro atoms. The van der Waals surface area contributed by atoms with Crippen molar-refractivity contribution in [3.05, 3.63) is 65.2 Å². The first-order chi connectivity index (χ1) is 14.0. The number of amides is 1. The standard InChI is InChI=1S/C23H25NO5/c1-4-5-14-24-20(15-6-10-17(28-2)11-7-15)19(22(26)23(24)27)21(25)16-8-12-18(29-3)13-9-16/h6-13,20,25H,4-5,14H2,1-3H3. The van der Waals surface area contributed by atoms with Crippen LogP contribution in [-0.4, -0.2) is 42.5 Å². The smallest absolute Gasteiger partial charge is 0.295 e. The molecule has 1 aliphatic rings. The van der Waals surface area contributed by atoms with Gasteiger partial charge in [0.05, 0.1) is 25.8 Å². The summed E-state index contributed by atoms with van der Waals surface area (Å²) >= 11 is 0. The number of likely N-dealkylation sites (tertiary alicyclic amines) is 1. The van der Waals surface area contributed by atoms with E-state index in [1.54, 1.807) is 55.5 Å². The van der Waals surface area contributed by atoms with E-state index >= 15 is 0 Å². The molecule has 1 fully saturated rings. The molecule has 1 N–H and O–H groups in total. The average Bonchev–Trinajstić information content (AvgIpc) is 3.02. The number of methoxy groups -OCH3 is 2. The number of aliphatic hydroxyl groups excluding tert-OH is 1. The lowest BCUT2D eigenvalue weighted by Crippen LogP contribution is -2.30. The van der Waals surface area contributed by atoms with Gasteiger partial charge >= 0.3 is 0 Å². The van der Waals surface area contributed by atoms with E-state index < -0.39 is 17.7 Å². The maximum atomic E-state index is 12.9. The van der Waals surface area contributed by atoms with Crippen LogP contribution in [0, 0.1) is 0 Å². The van der Waals surface area contributed by atoms with Crippen LogP contribution in [0.4, 0.5) is 0 Å². The number of ketones is 1. The van der Waals surface area contributed by atoms with Crippen LogP contribution in [0.5, 0.6) is 11.5 Å². The van der Waals surface area contributed by atoms with Gasteiger partial charge in [-0.1, -0.05) is 25.5 Å². The largest absolute Gasteiger partial charge is 0.507 e. The predicted molar refractivity (Wildman–Crippen MR) is 110 cm³/mol. The molecule has 1 saturated heterocycles. The van der Waals surface area contributed by atoms with Gasteiger partial charge in [0.2, 0.25) is 0 Å². The lowest BCUT2D eigenvalue weighted by molar-refractivity contribution is -0.139. The number of hydrogen-bond acceptors (Lipinski definition) is 5. The first-order valence-corrected chi connectivity index (χ1v) is 9.58. The molecule has 0 aromatic heterocycles. The Morgan fingerprint density at radius 3 is 2.03 bits per heavy atom. The maximum absolute atomic E-state index is 12.9. The number of unbranched alkanes of at least 4 members (excludes halogenated alkanes) is 1. The summed E-state index contributed by atoms with van der Waals surface area (Å²) in [5.41, 5.74) is 1.30. The van der Waals surface area contributed by atoms with Gasteiger partial charge in [-0.05, 0) is 48.4 Å². The lowest BCUT2D eigenvalue weighted by atomic mass is 9.95. The minimum atomic E-state index is -0.671. The fourth-order valence-corrected chi connectivity index (χ4v) is 3.48. The summed E-state index contributed by atoms with van der Waals surface area (Å²) in [6.07, 6.45) is 1.65. The molecular formula is C23H25NO5. The van der Waals surface area contributed by atoms with Crippen molar-refractivity contribution in [2.45, 2.75) is 25.8 Å². The fourth-order valence-electron chi connectivity index (χ4n) is 3.48. The van der Waals surface area contributed by atoms with Crippen molar-refractivity contribution in [3.8, 4) is 11.5 Å². The minimum Gasteiger partial charge on any atom is -0.507 e. The number of benzene rings is 2. The second kappa shape index (κ2) is 8.82. The molecule has 1 aliphatic heterocycles. The highest BCUT2D eigenvalue weighted by Gasteiger charge is 2.45. The van der Waals surface area contributed by atoms with Crippen molar-refractivity contribution >= 4 is 17.4 Å². The molecule has 6 heteroatoms. The third-order valence-electron chi connectivity index (χ3n) is 5.09. The van der Waals surface area contributed by atoms with Crippen LogP contribution in [0.25, 0.3) is 5.76 Å². The zero-order valence-electron chi connectivity index (χ0n) is 16.8. The Balaban J connectivity index is 2.11. The maximum Gasteiger partial charge on any atom is 0.295 e. The minimum absolute atomic E-state index is 0.0986. The Kier molecular flexibility index (Phi) is 6.22. The first kappa shape index (κ1) is 20.5. The Morgan fingerprint density at radius 2 is 1.52 bits per heavy atom. The van der Waals surface area contributed by atoms with Gasteiger partial charge in [-0.25, -0.2) is 0 Å². The van der Waals surface area contributed by atoms with Gasteiger partial charge in [0.15, 0.2) is 0 Å². The Labute approximate surface area is 170 Å². The van der Waals surface area contributed by atoms with Gasteiger partial charge < -0.3 is 19.5 Å². The van der Waals surface area contributed by atoms with Crippen LogP contribution in [0.2, 0.25) is 0 Å². The highest BCUT2D eigenvalue weighted by atomic mass is 16.5. The fraction of sp³-hybridized carbons (Fsp3) is 0.304. The molecule has 3 rings (SSSR count). The second-order valence-corrected chi connectivity index (χ2v) is 6.85. The molecule has 1 heterocycles. The van der Waals surface area contributed by atoms with E-state index in [-0.39, 0.29) is 11.3 Å². The zero-order valence-corrected chi connectivity index (χ0v) is 16.8. The molecule has 1 atom stereocenters.